The van der Waals surface area contributed by atoms with Crippen LogP contribution in [-0.2, 0) is 0 Å². The monoisotopic (exact) mass is 214 g/mol. The molecule has 1 atom stereocenters. The molecule has 0 aromatic carbocycles. The third-order valence-corrected chi connectivity index (χ3v) is 2.94. The number of pyridine rings is 1. The zero-order valence-corrected chi connectivity index (χ0v) is 10.3. The van der Waals surface area contributed by atoms with Crippen LogP contribution in [-0.4, -0.2) is 4.98 Å². The average molecular weight is 214 g/mol. The van der Waals surface area contributed by atoms with E-state index in [0.717, 1.165) is 11.4 Å². The first-order chi connectivity index (χ1) is 7.58. The Morgan fingerprint density at radius 2 is 1.88 bits per heavy atom. The molecule has 0 saturated heterocycles. The number of rotatable bonds is 1. The summed E-state index contributed by atoms with van der Waals surface area (Å²) in [6.45, 7) is 8.40. The van der Waals surface area contributed by atoms with Crippen LogP contribution < -0.4 is 5.32 Å². The number of hydrogen-bond donors (Lipinski definition) is 1. The van der Waals surface area contributed by atoms with Crippen molar-refractivity contribution in [3.8, 4) is 0 Å². The fourth-order valence-electron chi connectivity index (χ4n) is 2.06. The Morgan fingerprint density at radius 1 is 1.12 bits per heavy atom. The lowest BCUT2D eigenvalue weighted by Gasteiger charge is -2.24. The standard InChI is InChI=1S/C14H18N2/c1-9-7-11(3)13(15-8-9)14-10(2)5-6-12(4)16-14/h5-8,13,15H,1-4H3. The largest absolute Gasteiger partial charge is 0.379 e. The van der Waals surface area contributed by atoms with Crippen molar-refractivity contribution in [3.05, 3.63) is 52.5 Å². The summed E-state index contributed by atoms with van der Waals surface area (Å²) in [6, 6.07) is 4.42. The predicted octanol–water partition coefficient (Wildman–Crippen LogP) is 3.19. The van der Waals surface area contributed by atoms with Crippen LogP contribution in [0, 0.1) is 13.8 Å². The minimum absolute atomic E-state index is 0.226. The molecule has 1 N–H and O–H groups in total. The van der Waals surface area contributed by atoms with Gasteiger partial charge in [0.1, 0.15) is 0 Å². The quantitative estimate of drug-likeness (QED) is 0.776. The van der Waals surface area contributed by atoms with Crippen molar-refractivity contribution in [1.82, 2.24) is 10.3 Å². The molecule has 0 aliphatic carbocycles. The normalized spacial score (nSPS) is 19.9. The topological polar surface area (TPSA) is 24.9 Å². The first-order valence-corrected chi connectivity index (χ1v) is 5.63. The maximum absolute atomic E-state index is 4.64. The Labute approximate surface area is 97.1 Å². The number of aromatic nitrogens is 1. The Morgan fingerprint density at radius 3 is 2.56 bits per heavy atom. The molecule has 84 valence electrons. The molecule has 1 aliphatic heterocycles. The number of allylic oxidation sites excluding steroid dienone is 2. The van der Waals surface area contributed by atoms with E-state index >= 15 is 0 Å². The van der Waals surface area contributed by atoms with E-state index in [1.165, 1.54) is 16.7 Å². The molecule has 1 unspecified atom stereocenters. The molecular formula is C14H18N2. The van der Waals surface area contributed by atoms with Crippen molar-refractivity contribution >= 4 is 0 Å². The summed E-state index contributed by atoms with van der Waals surface area (Å²) in [5.41, 5.74) is 6.03. The highest BCUT2D eigenvalue weighted by Gasteiger charge is 2.18. The molecule has 0 saturated carbocycles. The van der Waals surface area contributed by atoms with Crippen LogP contribution >= 0.6 is 0 Å². The van der Waals surface area contributed by atoms with Gasteiger partial charge in [0.15, 0.2) is 0 Å². The second-order valence-electron chi connectivity index (χ2n) is 4.53. The number of nitrogens with one attached hydrogen (secondary N) is 1. The molecule has 2 rings (SSSR count). The summed E-state index contributed by atoms with van der Waals surface area (Å²) >= 11 is 0. The highest BCUT2D eigenvalue weighted by molar-refractivity contribution is 5.36. The van der Waals surface area contributed by atoms with Crippen LogP contribution in [0.25, 0.3) is 0 Å². The van der Waals surface area contributed by atoms with Gasteiger partial charge in [0, 0.05) is 11.9 Å². The van der Waals surface area contributed by atoms with Crippen LogP contribution in [0.3, 0.4) is 0 Å². The molecule has 0 spiro atoms. The number of aryl methyl sites for hydroxylation is 2. The molecule has 0 radical (unpaired) electrons. The van der Waals surface area contributed by atoms with Crippen LogP contribution in [0.4, 0.5) is 0 Å². The van der Waals surface area contributed by atoms with Crippen molar-refractivity contribution in [2.24, 2.45) is 0 Å². The smallest absolute Gasteiger partial charge is 0.0898 e. The van der Waals surface area contributed by atoms with E-state index in [-0.39, 0.29) is 6.04 Å². The van der Waals surface area contributed by atoms with Crippen molar-refractivity contribution in [3.63, 3.8) is 0 Å². The van der Waals surface area contributed by atoms with Gasteiger partial charge in [0.25, 0.3) is 0 Å². The lowest BCUT2D eigenvalue weighted by molar-refractivity contribution is 0.667. The molecule has 0 fully saturated rings. The molecule has 2 heteroatoms. The van der Waals surface area contributed by atoms with Crippen molar-refractivity contribution in [1.29, 1.82) is 0 Å². The number of dihydropyridines is 1. The lowest BCUT2D eigenvalue weighted by atomic mass is 9.97. The van der Waals surface area contributed by atoms with Gasteiger partial charge in [-0.15, -0.1) is 0 Å². The lowest BCUT2D eigenvalue weighted by Crippen LogP contribution is -2.22. The van der Waals surface area contributed by atoms with E-state index in [0.29, 0.717) is 0 Å². The molecular weight excluding hydrogens is 196 g/mol. The Hall–Kier alpha value is -1.57. The number of nitrogens with zero attached hydrogens (tertiary/aromatic N) is 1. The van der Waals surface area contributed by atoms with Crippen molar-refractivity contribution in [2.45, 2.75) is 33.7 Å². The van der Waals surface area contributed by atoms with Gasteiger partial charge in [0.05, 0.1) is 11.7 Å². The molecule has 2 heterocycles. The van der Waals surface area contributed by atoms with Crippen LogP contribution in [0.2, 0.25) is 0 Å². The summed E-state index contributed by atoms with van der Waals surface area (Å²) < 4.78 is 0. The first kappa shape index (κ1) is 10.9. The Balaban J connectivity index is 2.39. The molecule has 1 aliphatic rings. The van der Waals surface area contributed by atoms with E-state index in [4.69, 9.17) is 0 Å². The van der Waals surface area contributed by atoms with Crippen LogP contribution in [0.15, 0.2) is 35.6 Å². The maximum Gasteiger partial charge on any atom is 0.0898 e. The van der Waals surface area contributed by atoms with Crippen molar-refractivity contribution in [2.75, 3.05) is 0 Å². The Kier molecular flexibility index (Phi) is 2.82. The summed E-state index contributed by atoms with van der Waals surface area (Å²) in [5, 5.41) is 3.41. The maximum atomic E-state index is 4.64. The fraction of sp³-hybridized carbons (Fsp3) is 0.357. The van der Waals surface area contributed by atoms with Gasteiger partial charge < -0.3 is 5.32 Å². The van der Waals surface area contributed by atoms with E-state index in [1.54, 1.807) is 0 Å². The Bertz CT molecular complexity index is 470. The minimum Gasteiger partial charge on any atom is -0.379 e. The fourth-order valence-corrected chi connectivity index (χ4v) is 2.06. The molecule has 0 amide bonds. The van der Waals surface area contributed by atoms with Gasteiger partial charge in [0.2, 0.25) is 0 Å². The zero-order chi connectivity index (χ0) is 11.7. The summed E-state index contributed by atoms with van der Waals surface area (Å²) in [6.07, 6.45) is 4.27. The van der Waals surface area contributed by atoms with E-state index < -0.39 is 0 Å². The molecule has 1 aromatic rings. The van der Waals surface area contributed by atoms with E-state index in [1.807, 2.05) is 6.92 Å². The van der Waals surface area contributed by atoms with Crippen molar-refractivity contribution < 1.29 is 0 Å². The third kappa shape index (κ3) is 2.01. The second-order valence-corrected chi connectivity index (χ2v) is 4.53. The van der Waals surface area contributed by atoms with Gasteiger partial charge in [-0.1, -0.05) is 12.1 Å². The van der Waals surface area contributed by atoms with Crippen LogP contribution in [0.1, 0.15) is 36.8 Å². The average Bonchev–Trinajstić information content (AvgIpc) is 2.22. The molecule has 2 nitrogen and oxygen atoms in total. The van der Waals surface area contributed by atoms with Crippen LogP contribution in [0.5, 0.6) is 0 Å². The molecule has 0 bridgehead atoms. The highest BCUT2D eigenvalue weighted by atomic mass is 14.9. The third-order valence-electron chi connectivity index (χ3n) is 2.94. The predicted molar refractivity (Wildman–Crippen MR) is 67.1 cm³/mol. The minimum atomic E-state index is 0.226. The summed E-state index contributed by atoms with van der Waals surface area (Å²) in [4.78, 5) is 4.64. The summed E-state index contributed by atoms with van der Waals surface area (Å²) in [7, 11) is 0. The van der Waals surface area contributed by atoms with E-state index in [9.17, 15) is 0 Å². The SMILES string of the molecule is CC1=CNC(c2nc(C)ccc2C)C(C)=C1. The molecule has 16 heavy (non-hydrogen) atoms. The van der Waals surface area contributed by atoms with Gasteiger partial charge >= 0.3 is 0 Å². The zero-order valence-electron chi connectivity index (χ0n) is 10.3. The van der Waals surface area contributed by atoms with E-state index in [2.05, 4.69) is 55.5 Å². The summed E-state index contributed by atoms with van der Waals surface area (Å²) in [5.74, 6) is 0. The number of hydrogen-bond acceptors (Lipinski definition) is 2. The van der Waals surface area contributed by atoms with Gasteiger partial charge in [-0.25, -0.2) is 0 Å². The van der Waals surface area contributed by atoms with Gasteiger partial charge in [-0.2, -0.15) is 0 Å². The second kappa shape index (κ2) is 4.12. The first-order valence-electron chi connectivity index (χ1n) is 5.63. The highest BCUT2D eigenvalue weighted by Crippen LogP contribution is 2.26. The van der Waals surface area contributed by atoms with Gasteiger partial charge in [-0.05, 0) is 50.5 Å². The molecule has 1 aromatic heterocycles. The van der Waals surface area contributed by atoms with Gasteiger partial charge in [-0.3, -0.25) is 4.98 Å².